The lowest BCUT2D eigenvalue weighted by Gasteiger charge is -2.23. The summed E-state index contributed by atoms with van der Waals surface area (Å²) in [6.45, 7) is 9.48. The second-order valence-electron chi connectivity index (χ2n) is 7.21. The van der Waals surface area contributed by atoms with E-state index in [0.717, 1.165) is 35.4 Å². The Hall–Kier alpha value is -2.30. The molecule has 134 valence electrons. The molecule has 5 heteroatoms. The van der Waals surface area contributed by atoms with E-state index in [-0.39, 0.29) is 6.03 Å². The van der Waals surface area contributed by atoms with Crippen molar-refractivity contribution < 1.29 is 4.79 Å². The minimum absolute atomic E-state index is 0.0170. The van der Waals surface area contributed by atoms with Gasteiger partial charge in [0.25, 0.3) is 0 Å². The number of benzene rings is 1. The number of urea groups is 1. The summed E-state index contributed by atoms with van der Waals surface area (Å²) in [6, 6.07) is 6.71. The van der Waals surface area contributed by atoms with Crippen LogP contribution in [0.2, 0.25) is 0 Å². The third kappa shape index (κ3) is 3.86. The van der Waals surface area contributed by atoms with Gasteiger partial charge in [0.2, 0.25) is 0 Å². The number of carbonyl (C=O) groups is 1. The van der Waals surface area contributed by atoms with Crippen molar-refractivity contribution in [2.24, 2.45) is 7.05 Å². The van der Waals surface area contributed by atoms with Gasteiger partial charge in [0.05, 0.1) is 12.2 Å². The first-order chi connectivity index (χ1) is 11.9. The van der Waals surface area contributed by atoms with Crippen LogP contribution in [0.1, 0.15) is 46.5 Å². The van der Waals surface area contributed by atoms with Crippen molar-refractivity contribution in [3.8, 4) is 0 Å². The number of hydrogen-bond donors (Lipinski definition) is 1. The minimum atomic E-state index is 0.0170. The van der Waals surface area contributed by atoms with E-state index in [2.05, 4.69) is 49.4 Å². The molecule has 1 fully saturated rings. The zero-order valence-electron chi connectivity index (χ0n) is 15.9. The first-order valence-corrected chi connectivity index (χ1v) is 8.96. The number of aryl methyl sites for hydroxylation is 4. The van der Waals surface area contributed by atoms with Crippen LogP contribution in [0.3, 0.4) is 0 Å². The molecule has 1 aliphatic carbocycles. The molecule has 0 unspecified atom stereocenters. The summed E-state index contributed by atoms with van der Waals surface area (Å²) in [7, 11) is 1.95. The van der Waals surface area contributed by atoms with Crippen LogP contribution in [0.15, 0.2) is 18.2 Å². The third-order valence-electron chi connectivity index (χ3n) is 5.25. The van der Waals surface area contributed by atoms with E-state index < -0.39 is 0 Å². The van der Waals surface area contributed by atoms with E-state index in [1.54, 1.807) is 0 Å². The van der Waals surface area contributed by atoms with E-state index in [1.807, 2.05) is 23.6 Å². The molecule has 2 aromatic rings. The van der Waals surface area contributed by atoms with Crippen LogP contribution in [-0.2, 0) is 20.1 Å². The van der Waals surface area contributed by atoms with Crippen molar-refractivity contribution >= 4 is 6.03 Å². The molecule has 0 atom stereocenters. The molecule has 1 aromatic heterocycles. The van der Waals surface area contributed by atoms with Crippen LogP contribution in [0.25, 0.3) is 0 Å². The molecule has 0 bridgehead atoms. The summed E-state index contributed by atoms with van der Waals surface area (Å²) in [6.07, 6.45) is 2.19. The second kappa shape index (κ2) is 6.90. The molecule has 1 aliphatic rings. The lowest BCUT2D eigenvalue weighted by atomic mass is 10.1. The fourth-order valence-electron chi connectivity index (χ4n) is 3.16. The number of rotatable bonds is 5. The van der Waals surface area contributed by atoms with Gasteiger partial charge in [-0.2, -0.15) is 5.10 Å². The lowest BCUT2D eigenvalue weighted by Crippen LogP contribution is -2.40. The SMILES string of the molecule is Cc1ccc(CNC(=O)N(Cc2c(C)nn(C)c2C)C2CC2)cc1C. The summed E-state index contributed by atoms with van der Waals surface area (Å²) >= 11 is 0. The maximum Gasteiger partial charge on any atom is 0.318 e. The number of nitrogens with zero attached hydrogens (tertiary/aromatic N) is 3. The molecule has 1 aromatic carbocycles. The summed E-state index contributed by atoms with van der Waals surface area (Å²) in [5.41, 5.74) is 6.97. The maximum absolute atomic E-state index is 12.8. The number of carbonyl (C=O) groups excluding carboxylic acids is 1. The van der Waals surface area contributed by atoms with Gasteiger partial charge in [0, 0.05) is 30.9 Å². The van der Waals surface area contributed by atoms with Crippen molar-refractivity contribution in [1.29, 1.82) is 0 Å². The molecule has 0 spiro atoms. The van der Waals surface area contributed by atoms with Crippen LogP contribution in [0, 0.1) is 27.7 Å². The Kier molecular flexibility index (Phi) is 4.84. The number of aromatic nitrogens is 2. The van der Waals surface area contributed by atoms with Crippen LogP contribution in [0.4, 0.5) is 4.79 Å². The van der Waals surface area contributed by atoms with Gasteiger partial charge < -0.3 is 10.2 Å². The minimum Gasteiger partial charge on any atom is -0.334 e. The first-order valence-electron chi connectivity index (χ1n) is 8.96. The number of nitrogens with one attached hydrogen (secondary N) is 1. The molecule has 2 amide bonds. The van der Waals surface area contributed by atoms with Crippen molar-refractivity contribution in [1.82, 2.24) is 20.0 Å². The van der Waals surface area contributed by atoms with Crippen molar-refractivity contribution in [3.05, 3.63) is 51.8 Å². The quantitative estimate of drug-likeness (QED) is 0.905. The van der Waals surface area contributed by atoms with E-state index in [4.69, 9.17) is 0 Å². The van der Waals surface area contributed by atoms with Gasteiger partial charge >= 0.3 is 6.03 Å². The Morgan fingerprint density at radius 3 is 2.52 bits per heavy atom. The third-order valence-corrected chi connectivity index (χ3v) is 5.25. The van der Waals surface area contributed by atoms with Gasteiger partial charge in [0.1, 0.15) is 0 Å². The Morgan fingerprint density at radius 2 is 1.96 bits per heavy atom. The molecule has 1 heterocycles. The molecule has 5 nitrogen and oxygen atoms in total. The topological polar surface area (TPSA) is 50.2 Å². The van der Waals surface area contributed by atoms with Gasteiger partial charge in [0.15, 0.2) is 0 Å². The standard InChI is InChI=1S/C20H28N4O/c1-13-6-7-17(10-14(13)2)11-21-20(25)24(18-8-9-18)12-19-15(3)22-23(5)16(19)4/h6-7,10,18H,8-9,11-12H2,1-5H3,(H,21,25). The van der Waals surface area contributed by atoms with Gasteiger partial charge in [-0.1, -0.05) is 18.2 Å². The van der Waals surface area contributed by atoms with Crippen LogP contribution in [-0.4, -0.2) is 26.8 Å². The fourth-order valence-corrected chi connectivity index (χ4v) is 3.16. The summed E-state index contributed by atoms with van der Waals surface area (Å²) in [5.74, 6) is 0. The Balaban J connectivity index is 1.68. The Morgan fingerprint density at radius 1 is 1.24 bits per heavy atom. The smallest absolute Gasteiger partial charge is 0.318 e. The summed E-state index contributed by atoms with van der Waals surface area (Å²) < 4.78 is 1.89. The molecule has 0 aliphatic heterocycles. The van der Waals surface area contributed by atoms with Crippen LogP contribution in [0.5, 0.6) is 0 Å². The molecule has 0 saturated heterocycles. The molecular formula is C20H28N4O. The largest absolute Gasteiger partial charge is 0.334 e. The predicted molar refractivity (Wildman–Crippen MR) is 99.4 cm³/mol. The van der Waals surface area contributed by atoms with Crippen LogP contribution < -0.4 is 5.32 Å². The van der Waals surface area contributed by atoms with Gasteiger partial charge in [-0.3, -0.25) is 4.68 Å². The van der Waals surface area contributed by atoms with E-state index in [1.165, 1.54) is 11.1 Å². The normalized spacial score (nSPS) is 13.8. The van der Waals surface area contributed by atoms with E-state index >= 15 is 0 Å². The molecule has 3 rings (SSSR count). The highest BCUT2D eigenvalue weighted by Gasteiger charge is 2.33. The molecule has 1 saturated carbocycles. The van der Waals surface area contributed by atoms with Crippen molar-refractivity contribution in [2.75, 3.05) is 0 Å². The highest BCUT2D eigenvalue weighted by molar-refractivity contribution is 5.75. The van der Waals surface area contributed by atoms with Gasteiger partial charge in [-0.25, -0.2) is 4.79 Å². The van der Waals surface area contributed by atoms with Gasteiger partial charge in [-0.15, -0.1) is 0 Å². The maximum atomic E-state index is 12.8. The highest BCUT2D eigenvalue weighted by Crippen LogP contribution is 2.29. The summed E-state index contributed by atoms with van der Waals surface area (Å²) in [4.78, 5) is 14.7. The second-order valence-corrected chi connectivity index (χ2v) is 7.21. The highest BCUT2D eigenvalue weighted by atomic mass is 16.2. The monoisotopic (exact) mass is 340 g/mol. The fraction of sp³-hybridized carbons (Fsp3) is 0.500. The molecule has 1 N–H and O–H groups in total. The lowest BCUT2D eigenvalue weighted by molar-refractivity contribution is 0.191. The molecular weight excluding hydrogens is 312 g/mol. The van der Waals surface area contributed by atoms with E-state index in [0.29, 0.717) is 19.1 Å². The Bertz CT molecular complexity index is 789. The number of hydrogen-bond acceptors (Lipinski definition) is 2. The Labute approximate surface area is 150 Å². The molecule has 25 heavy (non-hydrogen) atoms. The average Bonchev–Trinajstić information content (AvgIpc) is 3.37. The van der Waals surface area contributed by atoms with Crippen molar-refractivity contribution in [2.45, 2.75) is 59.7 Å². The zero-order chi connectivity index (χ0) is 18.1. The van der Waals surface area contributed by atoms with Gasteiger partial charge in [-0.05, 0) is 57.2 Å². The van der Waals surface area contributed by atoms with Crippen LogP contribution >= 0.6 is 0 Å². The predicted octanol–water partition coefficient (Wildman–Crippen LogP) is 3.53. The number of amides is 2. The van der Waals surface area contributed by atoms with E-state index in [9.17, 15) is 4.79 Å². The summed E-state index contributed by atoms with van der Waals surface area (Å²) in [5, 5.41) is 7.57. The average molecular weight is 340 g/mol. The van der Waals surface area contributed by atoms with Crippen molar-refractivity contribution in [3.63, 3.8) is 0 Å². The molecule has 0 radical (unpaired) electrons. The zero-order valence-corrected chi connectivity index (χ0v) is 15.9. The first kappa shape index (κ1) is 17.5.